The number of nitrogens with zero attached hydrogens (tertiary/aromatic N) is 1. The van der Waals surface area contributed by atoms with Gasteiger partial charge in [-0.05, 0) is 12.1 Å². The molecule has 2 amide bonds. The summed E-state index contributed by atoms with van der Waals surface area (Å²) in [5, 5.41) is 2.78. The van der Waals surface area contributed by atoms with E-state index in [2.05, 4.69) is 5.32 Å². The molecule has 0 bridgehead atoms. The molecule has 2 aromatic carbocycles. The largest absolute Gasteiger partial charge is 0.497 e. The van der Waals surface area contributed by atoms with Crippen molar-refractivity contribution in [2.45, 2.75) is 6.54 Å². The summed E-state index contributed by atoms with van der Waals surface area (Å²) < 4.78 is 5.13. The minimum atomic E-state index is -0.241. The predicted octanol–water partition coefficient (Wildman–Crippen LogP) is 0.807. The van der Waals surface area contributed by atoms with Gasteiger partial charge in [0.1, 0.15) is 12.3 Å². The third-order valence-corrected chi connectivity index (χ3v) is 3.96. The fourth-order valence-corrected chi connectivity index (χ4v) is 2.60. The summed E-state index contributed by atoms with van der Waals surface area (Å²) >= 11 is 0. The highest BCUT2D eigenvalue weighted by atomic mass is 16.5. The van der Waals surface area contributed by atoms with E-state index in [4.69, 9.17) is 4.74 Å². The van der Waals surface area contributed by atoms with Crippen LogP contribution in [0.2, 0.25) is 0 Å². The van der Waals surface area contributed by atoms with Crippen molar-refractivity contribution in [3.8, 4) is 5.75 Å². The van der Waals surface area contributed by atoms with Gasteiger partial charge < -0.3 is 19.9 Å². The summed E-state index contributed by atoms with van der Waals surface area (Å²) in [6.07, 6.45) is 0. The van der Waals surface area contributed by atoms with Gasteiger partial charge in [-0.15, -0.1) is 0 Å². The number of benzene rings is 2. The van der Waals surface area contributed by atoms with Crippen molar-refractivity contribution in [1.29, 1.82) is 0 Å². The first-order chi connectivity index (χ1) is 12.5. The van der Waals surface area contributed by atoms with Crippen LogP contribution in [0.4, 0.5) is 5.69 Å². The summed E-state index contributed by atoms with van der Waals surface area (Å²) in [5.41, 5.74) is 1.82. The number of likely N-dealkylation sites (N-methyl/N-ethyl adjacent to an activating group) is 2. The van der Waals surface area contributed by atoms with Gasteiger partial charge in [-0.25, -0.2) is 0 Å². The molecule has 2 N–H and O–H groups in total. The number of hydrogen-bond acceptors (Lipinski definition) is 3. The van der Waals surface area contributed by atoms with Crippen LogP contribution in [0.3, 0.4) is 0 Å². The lowest BCUT2D eigenvalue weighted by Gasteiger charge is -2.20. The molecule has 0 saturated heterocycles. The van der Waals surface area contributed by atoms with Crippen molar-refractivity contribution in [2.24, 2.45) is 0 Å². The number of rotatable bonds is 8. The number of ether oxygens (including phenoxy) is 1. The monoisotopic (exact) mass is 356 g/mol. The molecule has 0 saturated carbocycles. The Kier molecular flexibility index (Phi) is 7.17. The van der Waals surface area contributed by atoms with Crippen molar-refractivity contribution >= 4 is 17.5 Å². The summed E-state index contributed by atoms with van der Waals surface area (Å²) in [7, 11) is 5.18. The van der Waals surface area contributed by atoms with Crippen LogP contribution >= 0.6 is 0 Å². The number of methoxy groups -OCH3 is 1. The molecule has 0 spiro atoms. The molecular formula is C20H26N3O3+. The molecule has 0 radical (unpaired) electrons. The highest BCUT2D eigenvalue weighted by molar-refractivity contribution is 5.94. The van der Waals surface area contributed by atoms with Crippen LogP contribution in [-0.4, -0.2) is 51.0 Å². The second-order valence-electron chi connectivity index (χ2n) is 6.33. The Morgan fingerprint density at radius 3 is 2.54 bits per heavy atom. The number of hydrogen-bond donors (Lipinski definition) is 2. The van der Waals surface area contributed by atoms with Crippen molar-refractivity contribution < 1.29 is 19.2 Å². The van der Waals surface area contributed by atoms with Crippen LogP contribution in [0.5, 0.6) is 5.75 Å². The Labute approximate surface area is 154 Å². The van der Waals surface area contributed by atoms with E-state index < -0.39 is 0 Å². The topological polar surface area (TPSA) is 63.1 Å². The van der Waals surface area contributed by atoms with Crippen molar-refractivity contribution in [1.82, 2.24) is 4.90 Å². The van der Waals surface area contributed by atoms with Gasteiger partial charge in [0.15, 0.2) is 6.54 Å². The molecule has 0 aliphatic carbocycles. The molecule has 2 rings (SSSR count). The molecule has 1 unspecified atom stereocenters. The number of carbonyl (C=O) groups excluding carboxylic acids is 2. The van der Waals surface area contributed by atoms with E-state index in [1.807, 2.05) is 37.4 Å². The molecule has 0 aromatic heterocycles. The fourth-order valence-electron chi connectivity index (χ4n) is 2.60. The van der Waals surface area contributed by atoms with Crippen LogP contribution in [0.25, 0.3) is 0 Å². The lowest BCUT2D eigenvalue weighted by Crippen LogP contribution is -3.08. The Balaban J connectivity index is 1.80. The fraction of sp³-hybridized carbons (Fsp3) is 0.300. The summed E-state index contributed by atoms with van der Waals surface area (Å²) in [6.45, 7) is 1.10. The van der Waals surface area contributed by atoms with Crippen LogP contribution in [0, 0.1) is 0 Å². The zero-order chi connectivity index (χ0) is 18.9. The molecule has 138 valence electrons. The highest BCUT2D eigenvalue weighted by Gasteiger charge is 2.17. The molecule has 0 aliphatic heterocycles. The number of anilines is 1. The third-order valence-electron chi connectivity index (χ3n) is 3.96. The van der Waals surface area contributed by atoms with Gasteiger partial charge in [0.25, 0.3) is 5.91 Å². The lowest BCUT2D eigenvalue weighted by molar-refractivity contribution is -0.885. The Morgan fingerprint density at radius 1 is 1.12 bits per heavy atom. The van der Waals surface area contributed by atoms with Crippen LogP contribution in [-0.2, 0) is 16.1 Å². The molecule has 0 fully saturated rings. The maximum atomic E-state index is 12.3. The van der Waals surface area contributed by atoms with E-state index in [9.17, 15) is 9.59 Å². The Bertz CT molecular complexity index is 734. The van der Waals surface area contributed by atoms with Gasteiger partial charge in [-0.1, -0.05) is 36.4 Å². The highest BCUT2D eigenvalue weighted by Crippen LogP contribution is 2.16. The van der Waals surface area contributed by atoms with Crippen molar-refractivity contribution in [2.75, 3.05) is 39.6 Å². The first-order valence-electron chi connectivity index (χ1n) is 8.51. The molecule has 6 nitrogen and oxygen atoms in total. The zero-order valence-corrected chi connectivity index (χ0v) is 15.5. The average molecular weight is 356 g/mol. The zero-order valence-electron chi connectivity index (χ0n) is 15.5. The van der Waals surface area contributed by atoms with Gasteiger partial charge in [0.2, 0.25) is 5.91 Å². The first-order valence-corrected chi connectivity index (χ1v) is 8.51. The molecule has 0 heterocycles. The normalized spacial score (nSPS) is 11.5. The summed E-state index contributed by atoms with van der Waals surface area (Å²) in [4.78, 5) is 27.0. The minimum Gasteiger partial charge on any atom is -0.497 e. The smallest absolute Gasteiger partial charge is 0.277 e. The van der Waals surface area contributed by atoms with Gasteiger partial charge >= 0.3 is 0 Å². The first kappa shape index (κ1) is 19.5. The van der Waals surface area contributed by atoms with Crippen LogP contribution < -0.4 is 15.0 Å². The minimum absolute atomic E-state index is 0.00859. The van der Waals surface area contributed by atoms with Crippen LogP contribution in [0.15, 0.2) is 54.6 Å². The molecule has 6 heteroatoms. The predicted molar refractivity (Wildman–Crippen MR) is 101 cm³/mol. The quantitative estimate of drug-likeness (QED) is 0.736. The summed E-state index contributed by atoms with van der Waals surface area (Å²) in [5.74, 6) is 0.354. The number of nitrogens with one attached hydrogen (secondary N) is 2. The number of carbonyl (C=O) groups is 2. The molecule has 1 atom stereocenters. The van der Waals surface area contributed by atoms with E-state index in [0.29, 0.717) is 18.0 Å². The Hall–Kier alpha value is -2.86. The van der Waals surface area contributed by atoms with E-state index in [-0.39, 0.29) is 18.4 Å². The van der Waals surface area contributed by atoms with E-state index >= 15 is 0 Å². The molecule has 0 aliphatic rings. The SMILES string of the molecule is COc1cccc(NC(=O)CN(C)C(=O)C[NH+](C)Cc2ccccc2)c1. The van der Waals surface area contributed by atoms with Gasteiger partial charge in [0, 0.05) is 24.4 Å². The second-order valence-corrected chi connectivity index (χ2v) is 6.33. The summed E-state index contributed by atoms with van der Waals surface area (Å²) in [6, 6.07) is 17.1. The van der Waals surface area contributed by atoms with Crippen LogP contribution in [0.1, 0.15) is 5.56 Å². The van der Waals surface area contributed by atoms with Gasteiger partial charge in [-0.2, -0.15) is 0 Å². The van der Waals surface area contributed by atoms with Crippen molar-refractivity contribution in [3.63, 3.8) is 0 Å². The number of quaternary nitrogens is 1. The van der Waals surface area contributed by atoms with Gasteiger partial charge in [-0.3, -0.25) is 9.59 Å². The lowest BCUT2D eigenvalue weighted by atomic mass is 10.2. The van der Waals surface area contributed by atoms with E-state index in [1.54, 1.807) is 38.4 Å². The van der Waals surface area contributed by atoms with Gasteiger partial charge in [0.05, 0.1) is 20.7 Å². The third kappa shape index (κ3) is 6.22. The standard InChI is InChI=1S/C20H25N3O3/c1-22(13-16-8-5-4-6-9-16)15-20(25)23(2)14-19(24)21-17-10-7-11-18(12-17)26-3/h4-12H,13-15H2,1-3H3,(H,21,24)/p+1. The van der Waals surface area contributed by atoms with E-state index in [1.165, 1.54) is 10.5 Å². The average Bonchev–Trinajstić information content (AvgIpc) is 2.62. The molecule has 2 aromatic rings. The molecule has 26 heavy (non-hydrogen) atoms. The maximum absolute atomic E-state index is 12.3. The second kappa shape index (κ2) is 9.58. The maximum Gasteiger partial charge on any atom is 0.277 e. The molecular weight excluding hydrogens is 330 g/mol. The number of amides is 2. The van der Waals surface area contributed by atoms with E-state index in [0.717, 1.165) is 11.4 Å². The Morgan fingerprint density at radius 2 is 1.85 bits per heavy atom. The van der Waals surface area contributed by atoms with Crippen molar-refractivity contribution in [3.05, 3.63) is 60.2 Å².